The van der Waals surface area contributed by atoms with Gasteiger partial charge < -0.3 is 21.1 Å². The average molecular weight is 437 g/mol. The first-order valence-electron chi connectivity index (χ1n) is 9.25. The number of benzene rings is 2. The minimum absolute atomic E-state index is 0.0138. The third-order valence-electron chi connectivity index (χ3n) is 4.39. The maximum absolute atomic E-state index is 14.1. The second kappa shape index (κ2) is 8.85. The van der Waals surface area contributed by atoms with E-state index in [2.05, 4.69) is 25.6 Å². The number of ether oxygens (including phenoxy) is 1. The highest BCUT2D eigenvalue weighted by Crippen LogP contribution is 2.31. The van der Waals surface area contributed by atoms with Crippen molar-refractivity contribution >= 4 is 40.7 Å². The van der Waals surface area contributed by atoms with Crippen LogP contribution >= 0.6 is 11.6 Å². The fraction of sp³-hybridized carbons (Fsp3) is 0.0455. The van der Waals surface area contributed by atoms with Crippen LogP contribution in [-0.4, -0.2) is 22.1 Å². The Morgan fingerprint density at radius 2 is 1.74 bits per heavy atom. The Labute approximate surface area is 183 Å². The Balaban J connectivity index is 1.51. The molecule has 4 aromatic rings. The summed E-state index contributed by atoms with van der Waals surface area (Å²) in [4.78, 5) is 12.3. The predicted octanol–water partition coefficient (Wildman–Crippen LogP) is 5.41. The molecular formula is C22H18ClFN6O. The fourth-order valence-corrected chi connectivity index (χ4v) is 3.14. The van der Waals surface area contributed by atoms with Gasteiger partial charge in [0.2, 0.25) is 5.95 Å². The molecular weight excluding hydrogens is 419 g/mol. The van der Waals surface area contributed by atoms with Gasteiger partial charge in [-0.3, -0.25) is 0 Å². The summed E-state index contributed by atoms with van der Waals surface area (Å²) in [6, 6.07) is 18.2. The molecule has 0 aliphatic heterocycles. The van der Waals surface area contributed by atoms with Crippen molar-refractivity contribution in [1.29, 1.82) is 0 Å². The minimum atomic E-state index is -0.610. The van der Waals surface area contributed by atoms with E-state index in [9.17, 15) is 4.39 Å². The van der Waals surface area contributed by atoms with E-state index in [-0.39, 0.29) is 11.8 Å². The molecule has 2 heterocycles. The molecule has 2 aromatic carbocycles. The summed E-state index contributed by atoms with van der Waals surface area (Å²) in [6.07, 6.45) is 1.08. The Hall–Kier alpha value is -3.91. The first-order chi connectivity index (χ1) is 15.0. The molecule has 31 heavy (non-hydrogen) atoms. The number of rotatable bonds is 6. The van der Waals surface area contributed by atoms with Gasteiger partial charge in [-0.25, -0.2) is 14.4 Å². The third-order valence-corrected chi connectivity index (χ3v) is 4.68. The number of halogens is 2. The SMILES string of the molecule is COc1ccc(-c2ccc(Nc3ncc(F)c(Nc4cccc(N)n4)n3)cc2)cc1Cl. The van der Waals surface area contributed by atoms with Gasteiger partial charge in [-0.15, -0.1) is 0 Å². The highest BCUT2D eigenvalue weighted by Gasteiger charge is 2.09. The maximum Gasteiger partial charge on any atom is 0.229 e. The quantitative estimate of drug-likeness (QED) is 0.371. The van der Waals surface area contributed by atoms with Gasteiger partial charge in [-0.05, 0) is 47.5 Å². The van der Waals surface area contributed by atoms with Gasteiger partial charge in [-0.1, -0.05) is 35.9 Å². The average Bonchev–Trinajstić information content (AvgIpc) is 2.76. The molecule has 0 amide bonds. The molecule has 0 aliphatic carbocycles. The topological polar surface area (TPSA) is 98.0 Å². The standard InChI is InChI=1S/C22H18ClFN6O/c1-31-18-10-7-14(11-16(18)23)13-5-8-15(9-6-13)27-22-26-12-17(24)21(30-22)29-20-4-2-3-19(25)28-20/h2-12H,1H3,(H4,25,26,27,28,29,30). The Kier molecular flexibility index (Phi) is 5.81. The Morgan fingerprint density at radius 1 is 0.968 bits per heavy atom. The number of nitrogen functional groups attached to an aromatic ring is 1. The summed E-state index contributed by atoms with van der Waals surface area (Å²) in [7, 11) is 1.58. The lowest BCUT2D eigenvalue weighted by molar-refractivity contribution is 0.415. The van der Waals surface area contributed by atoms with Crippen molar-refractivity contribution in [3.63, 3.8) is 0 Å². The van der Waals surface area contributed by atoms with Gasteiger partial charge in [0.25, 0.3) is 0 Å². The number of hydrogen-bond donors (Lipinski definition) is 3. The molecule has 9 heteroatoms. The zero-order chi connectivity index (χ0) is 21.8. The highest BCUT2D eigenvalue weighted by molar-refractivity contribution is 6.32. The van der Waals surface area contributed by atoms with Gasteiger partial charge in [0, 0.05) is 5.69 Å². The van der Waals surface area contributed by atoms with Crippen LogP contribution in [0.15, 0.2) is 66.9 Å². The van der Waals surface area contributed by atoms with Crippen LogP contribution < -0.4 is 21.1 Å². The van der Waals surface area contributed by atoms with Crippen LogP contribution in [0.2, 0.25) is 5.02 Å². The Bertz CT molecular complexity index is 1220. The molecule has 0 bridgehead atoms. The summed E-state index contributed by atoms with van der Waals surface area (Å²) >= 11 is 6.21. The van der Waals surface area contributed by atoms with Crippen LogP contribution in [0.3, 0.4) is 0 Å². The lowest BCUT2D eigenvalue weighted by Gasteiger charge is -2.10. The van der Waals surface area contributed by atoms with Crippen LogP contribution in [0, 0.1) is 5.82 Å². The van der Waals surface area contributed by atoms with E-state index >= 15 is 0 Å². The van der Waals surface area contributed by atoms with Crippen LogP contribution in [-0.2, 0) is 0 Å². The van der Waals surface area contributed by atoms with E-state index in [0.29, 0.717) is 22.4 Å². The zero-order valence-electron chi connectivity index (χ0n) is 16.4. The minimum Gasteiger partial charge on any atom is -0.495 e. The summed E-state index contributed by atoms with van der Waals surface area (Å²) < 4.78 is 19.3. The molecule has 0 saturated carbocycles. The molecule has 4 N–H and O–H groups in total. The number of aromatic nitrogens is 3. The number of anilines is 5. The molecule has 7 nitrogen and oxygen atoms in total. The first-order valence-corrected chi connectivity index (χ1v) is 9.63. The lowest BCUT2D eigenvalue weighted by Crippen LogP contribution is -2.04. The summed E-state index contributed by atoms with van der Waals surface area (Å²) in [5.41, 5.74) is 8.33. The zero-order valence-corrected chi connectivity index (χ0v) is 17.2. The molecule has 156 valence electrons. The van der Waals surface area contributed by atoms with Crippen LogP contribution in [0.4, 0.5) is 33.5 Å². The van der Waals surface area contributed by atoms with Crippen molar-refractivity contribution in [1.82, 2.24) is 15.0 Å². The first kappa shape index (κ1) is 20.4. The van der Waals surface area contributed by atoms with Crippen molar-refractivity contribution in [3.05, 3.63) is 77.7 Å². The van der Waals surface area contributed by atoms with E-state index < -0.39 is 5.82 Å². The van der Waals surface area contributed by atoms with Gasteiger partial charge in [0.1, 0.15) is 17.4 Å². The number of nitrogens with zero attached hydrogens (tertiary/aromatic N) is 3. The second-order valence-electron chi connectivity index (χ2n) is 6.51. The molecule has 0 atom stereocenters. The van der Waals surface area contributed by atoms with Gasteiger partial charge in [0.15, 0.2) is 11.6 Å². The van der Waals surface area contributed by atoms with Crippen molar-refractivity contribution < 1.29 is 9.13 Å². The van der Waals surface area contributed by atoms with E-state index in [1.165, 1.54) is 0 Å². The summed E-state index contributed by atoms with van der Waals surface area (Å²) in [6.45, 7) is 0. The van der Waals surface area contributed by atoms with E-state index in [1.54, 1.807) is 25.3 Å². The van der Waals surface area contributed by atoms with Crippen molar-refractivity contribution in [2.75, 3.05) is 23.5 Å². The normalized spacial score (nSPS) is 10.5. The van der Waals surface area contributed by atoms with Crippen molar-refractivity contribution in [3.8, 4) is 16.9 Å². The second-order valence-corrected chi connectivity index (χ2v) is 6.92. The number of pyridine rings is 1. The molecule has 4 rings (SSSR count). The predicted molar refractivity (Wildman–Crippen MR) is 121 cm³/mol. The summed E-state index contributed by atoms with van der Waals surface area (Å²) in [5.74, 6) is 0.923. The molecule has 0 fully saturated rings. The van der Waals surface area contributed by atoms with Crippen LogP contribution in [0.1, 0.15) is 0 Å². The van der Waals surface area contributed by atoms with Gasteiger partial charge in [0.05, 0.1) is 18.3 Å². The number of nitrogens with one attached hydrogen (secondary N) is 2. The van der Waals surface area contributed by atoms with E-state index in [4.69, 9.17) is 22.1 Å². The number of hydrogen-bond acceptors (Lipinski definition) is 7. The molecule has 0 unspecified atom stereocenters. The molecule has 2 aromatic heterocycles. The molecule has 0 aliphatic rings. The van der Waals surface area contributed by atoms with E-state index in [1.807, 2.05) is 42.5 Å². The van der Waals surface area contributed by atoms with Crippen molar-refractivity contribution in [2.45, 2.75) is 0 Å². The Morgan fingerprint density at radius 3 is 2.45 bits per heavy atom. The fourth-order valence-electron chi connectivity index (χ4n) is 2.88. The van der Waals surface area contributed by atoms with Crippen molar-refractivity contribution in [2.24, 2.45) is 0 Å². The molecule has 0 saturated heterocycles. The molecule has 0 radical (unpaired) electrons. The van der Waals surface area contributed by atoms with Crippen LogP contribution in [0.25, 0.3) is 11.1 Å². The molecule has 0 spiro atoms. The van der Waals surface area contributed by atoms with E-state index in [0.717, 1.165) is 23.0 Å². The van der Waals surface area contributed by atoms with Crippen LogP contribution in [0.5, 0.6) is 5.75 Å². The smallest absolute Gasteiger partial charge is 0.229 e. The lowest BCUT2D eigenvalue weighted by atomic mass is 10.1. The highest BCUT2D eigenvalue weighted by atomic mass is 35.5. The largest absolute Gasteiger partial charge is 0.495 e. The third kappa shape index (κ3) is 4.81. The summed E-state index contributed by atoms with van der Waals surface area (Å²) in [5, 5.41) is 6.40. The number of methoxy groups -OCH3 is 1. The van der Waals surface area contributed by atoms with Gasteiger partial charge >= 0.3 is 0 Å². The monoisotopic (exact) mass is 436 g/mol. The number of nitrogens with two attached hydrogens (primary N) is 1. The van der Waals surface area contributed by atoms with Gasteiger partial charge in [-0.2, -0.15) is 4.98 Å². The maximum atomic E-state index is 14.1.